The van der Waals surface area contributed by atoms with Crippen LogP contribution >= 0.6 is 12.4 Å². The smallest absolute Gasteiger partial charge is 0.241 e. The third kappa shape index (κ3) is 7.17. The molecule has 1 fully saturated rings. The number of carbonyl (C=O) groups is 1. The van der Waals surface area contributed by atoms with E-state index in [-0.39, 0.29) is 35.8 Å². The average Bonchev–Trinajstić information content (AvgIpc) is 2.63. The quantitative estimate of drug-likeness (QED) is 0.550. The third-order valence-electron chi connectivity index (χ3n) is 3.91. The van der Waals surface area contributed by atoms with Crippen LogP contribution in [0.2, 0.25) is 0 Å². The van der Waals surface area contributed by atoms with Crippen LogP contribution in [0.25, 0.3) is 0 Å². The van der Waals surface area contributed by atoms with Gasteiger partial charge >= 0.3 is 0 Å². The van der Waals surface area contributed by atoms with E-state index >= 15 is 0 Å². The fraction of sp³-hybridized carbons (Fsp3) is 0.588. The molecule has 1 amide bonds. The highest BCUT2D eigenvalue weighted by molar-refractivity contribution is 7.89. The lowest BCUT2D eigenvalue weighted by atomic mass is 10.1. The molecule has 0 radical (unpaired) electrons. The van der Waals surface area contributed by atoms with Gasteiger partial charge in [0.05, 0.1) is 24.7 Å². The Hall–Kier alpha value is -1.55. The van der Waals surface area contributed by atoms with Crippen molar-refractivity contribution in [3.63, 3.8) is 0 Å². The summed E-state index contributed by atoms with van der Waals surface area (Å²) < 4.78 is 38.1. The van der Waals surface area contributed by atoms with Gasteiger partial charge in [-0.1, -0.05) is 0 Å². The Morgan fingerprint density at radius 2 is 1.93 bits per heavy atom. The van der Waals surface area contributed by atoms with E-state index in [1.54, 1.807) is 13.0 Å². The molecule has 1 aliphatic heterocycles. The second kappa shape index (κ2) is 11.3. The SMILES string of the molecule is CCOc1ccc(S(=O)(=O)NCC(=O)NC2CCCNC2)cc1OCC.Cl. The van der Waals surface area contributed by atoms with Crippen LogP contribution < -0.4 is 24.8 Å². The van der Waals surface area contributed by atoms with Crippen LogP contribution in [0, 0.1) is 0 Å². The number of piperidine rings is 1. The predicted molar refractivity (Wildman–Crippen MR) is 105 cm³/mol. The minimum atomic E-state index is -3.83. The minimum absolute atomic E-state index is 0. The molecule has 2 rings (SSSR count). The second-order valence-electron chi connectivity index (χ2n) is 5.91. The maximum atomic E-state index is 12.5. The van der Waals surface area contributed by atoms with Gasteiger partial charge in [-0.15, -0.1) is 12.4 Å². The number of benzene rings is 1. The number of hydrogen-bond acceptors (Lipinski definition) is 6. The first kappa shape index (κ1) is 23.5. The van der Waals surface area contributed by atoms with Crippen LogP contribution in [0.1, 0.15) is 26.7 Å². The van der Waals surface area contributed by atoms with Gasteiger partial charge in [-0.25, -0.2) is 13.1 Å². The molecule has 8 nitrogen and oxygen atoms in total. The Bertz CT molecular complexity index is 709. The largest absolute Gasteiger partial charge is 0.490 e. The van der Waals surface area contributed by atoms with Crippen molar-refractivity contribution in [3.05, 3.63) is 18.2 Å². The molecular formula is C17H28ClN3O5S. The zero-order valence-corrected chi connectivity index (χ0v) is 17.2. The molecule has 27 heavy (non-hydrogen) atoms. The summed E-state index contributed by atoms with van der Waals surface area (Å²) in [6.07, 6.45) is 1.88. The van der Waals surface area contributed by atoms with Gasteiger partial charge in [-0.05, 0) is 45.4 Å². The number of nitrogens with one attached hydrogen (secondary N) is 3. The molecule has 0 bridgehead atoms. The van der Waals surface area contributed by atoms with Crippen LogP contribution in [0.4, 0.5) is 0 Å². The summed E-state index contributed by atoms with van der Waals surface area (Å²) in [6.45, 7) is 5.81. The van der Waals surface area contributed by atoms with Gasteiger partial charge in [0, 0.05) is 18.7 Å². The van der Waals surface area contributed by atoms with Crippen molar-refractivity contribution in [1.29, 1.82) is 0 Å². The summed E-state index contributed by atoms with van der Waals surface area (Å²) >= 11 is 0. The minimum Gasteiger partial charge on any atom is -0.490 e. The van der Waals surface area contributed by atoms with Gasteiger partial charge in [0.25, 0.3) is 0 Å². The molecule has 1 atom stereocenters. The summed E-state index contributed by atoms with van der Waals surface area (Å²) in [5, 5.41) is 6.02. The van der Waals surface area contributed by atoms with Crippen LogP contribution in [-0.2, 0) is 14.8 Å². The van der Waals surface area contributed by atoms with Crippen molar-refractivity contribution in [1.82, 2.24) is 15.4 Å². The summed E-state index contributed by atoms with van der Waals surface area (Å²) in [6, 6.07) is 4.42. The Labute approximate surface area is 166 Å². The van der Waals surface area contributed by atoms with Crippen molar-refractivity contribution in [2.75, 3.05) is 32.8 Å². The Kier molecular flexibility index (Phi) is 9.86. The van der Waals surface area contributed by atoms with E-state index in [9.17, 15) is 13.2 Å². The fourth-order valence-corrected chi connectivity index (χ4v) is 3.69. The molecule has 1 unspecified atom stereocenters. The first-order chi connectivity index (χ1) is 12.5. The van der Waals surface area contributed by atoms with Crippen LogP contribution in [0.5, 0.6) is 11.5 Å². The molecule has 1 aromatic carbocycles. The van der Waals surface area contributed by atoms with E-state index in [2.05, 4.69) is 15.4 Å². The number of sulfonamides is 1. The molecular weight excluding hydrogens is 394 g/mol. The highest BCUT2D eigenvalue weighted by Crippen LogP contribution is 2.30. The van der Waals surface area contributed by atoms with E-state index in [1.165, 1.54) is 12.1 Å². The van der Waals surface area contributed by atoms with Crippen molar-refractivity contribution in [3.8, 4) is 11.5 Å². The number of ether oxygens (including phenoxy) is 2. The molecule has 154 valence electrons. The molecule has 0 aromatic heterocycles. The molecule has 0 spiro atoms. The third-order valence-corrected chi connectivity index (χ3v) is 5.31. The van der Waals surface area contributed by atoms with Crippen molar-refractivity contribution < 1.29 is 22.7 Å². The average molecular weight is 422 g/mol. The number of carbonyl (C=O) groups excluding carboxylic acids is 1. The topological polar surface area (TPSA) is 106 Å². The standard InChI is InChI=1S/C17H27N3O5S.ClH/c1-3-24-15-8-7-14(10-16(15)25-4-2)26(22,23)19-12-17(21)20-13-6-5-9-18-11-13;/h7-8,10,13,18-19H,3-6,9,11-12H2,1-2H3,(H,20,21);1H. The molecule has 3 N–H and O–H groups in total. The van der Waals surface area contributed by atoms with E-state index < -0.39 is 10.0 Å². The van der Waals surface area contributed by atoms with Gasteiger partial charge in [-0.3, -0.25) is 4.79 Å². The summed E-state index contributed by atoms with van der Waals surface area (Å²) in [7, 11) is -3.83. The van der Waals surface area contributed by atoms with Crippen molar-refractivity contribution in [2.24, 2.45) is 0 Å². The fourth-order valence-electron chi connectivity index (χ4n) is 2.70. The molecule has 1 aliphatic rings. The summed E-state index contributed by atoms with van der Waals surface area (Å²) in [5.74, 6) is 0.490. The Morgan fingerprint density at radius 1 is 1.22 bits per heavy atom. The highest BCUT2D eigenvalue weighted by atomic mass is 35.5. The van der Waals surface area contributed by atoms with Gasteiger partial charge in [-0.2, -0.15) is 0 Å². The number of halogens is 1. The lowest BCUT2D eigenvalue weighted by molar-refractivity contribution is -0.120. The van der Waals surface area contributed by atoms with E-state index in [0.717, 1.165) is 19.4 Å². The monoisotopic (exact) mass is 421 g/mol. The maximum Gasteiger partial charge on any atom is 0.241 e. The van der Waals surface area contributed by atoms with Crippen LogP contribution in [0.15, 0.2) is 23.1 Å². The number of hydrogen-bond donors (Lipinski definition) is 3. The molecule has 1 heterocycles. The van der Waals surface area contributed by atoms with Crippen molar-refractivity contribution in [2.45, 2.75) is 37.6 Å². The molecule has 0 aliphatic carbocycles. The Balaban J connectivity index is 0.00000364. The summed E-state index contributed by atoms with van der Waals surface area (Å²) in [4.78, 5) is 12.0. The number of amides is 1. The first-order valence-corrected chi connectivity index (χ1v) is 10.3. The van der Waals surface area contributed by atoms with Gasteiger partial charge in [0.15, 0.2) is 11.5 Å². The van der Waals surface area contributed by atoms with Crippen LogP contribution in [0.3, 0.4) is 0 Å². The first-order valence-electron chi connectivity index (χ1n) is 8.85. The van der Waals surface area contributed by atoms with Crippen LogP contribution in [-0.4, -0.2) is 53.2 Å². The van der Waals surface area contributed by atoms with E-state index in [0.29, 0.717) is 31.3 Å². The molecule has 0 saturated carbocycles. The zero-order valence-electron chi connectivity index (χ0n) is 15.6. The number of rotatable bonds is 9. The maximum absolute atomic E-state index is 12.5. The lowest BCUT2D eigenvalue weighted by Gasteiger charge is -2.23. The van der Waals surface area contributed by atoms with Gasteiger partial charge < -0.3 is 20.1 Å². The Morgan fingerprint density at radius 3 is 2.56 bits per heavy atom. The van der Waals surface area contributed by atoms with E-state index in [4.69, 9.17) is 9.47 Å². The molecule has 1 aromatic rings. The second-order valence-corrected chi connectivity index (χ2v) is 7.68. The highest BCUT2D eigenvalue weighted by Gasteiger charge is 2.20. The normalized spacial score (nSPS) is 16.9. The molecule has 10 heteroatoms. The van der Waals surface area contributed by atoms with Crippen molar-refractivity contribution >= 4 is 28.3 Å². The predicted octanol–water partition coefficient (Wildman–Crippen LogP) is 1.05. The lowest BCUT2D eigenvalue weighted by Crippen LogP contribution is -2.48. The zero-order chi connectivity index (χ0) is 19.0. The van der Waals surface area contributed by atoms with Gasteiger partial charge in [0.2, 0.25) is 15.9 Å². The summed E-state index contributed by atoms with van der Waals surface area (Å²) in [5.41, 5.74) is 0. The van der Waals surface area contributed by atoms with Gasteiger partial charge in [0.1, 0.15) is 0 Å². The van der Waals surface area contributed by atoms with E-state index in [1.807, 2.05) is 6.92 Å². The molecule has 1 saturated heterocycles.